The van der Waals surface area contributed by atoms with Crippen LogP contribution in [-0.2, 0) is 0 Å². The van der Waals surface area contributed by atoms with E-state index in [9.17, 15) is 5.48 Å². The summed E-state index contributed by atoms with van der Waals surface area (Å²) in [5, 5.41) is 6.83. The van der Waals surface area contributed by atoms with Crippen molar-refractivity contribution in [3.8, 4) is 17.1 Å². The van der Waals surface area contributed by atoms with Crippen LogP contribution in [0.25, 0.3) is 116 Å². The molecule has 264 valence electrons. The van der Waals surface area contributed by atoms with Crippen molar-refractivity contribution < 1.29 is 16.4 Å². The molecule has 57 heavy (non-hydrogen) atoms. The minimum atomic E-state index is -0.683. The lowest BCUT2D eigenvalue weighted by atomic mass is 10.0. The summed E-state index contributed by atoms with van der Waals surface area (Å²) in [7, 11) is 0. The van der Waals surface area contributed by atoms with E-state index in [1.54, 1.807) is 0 Å². The summed E-state index contributed by atoms with van der Waals surface area (Å²) in [6.07, 6.45) is 0. The lowest BCUT2D eigenvalue weighted by molar-refractivity contribution is 1.06. The predicted molar refractivity (Wildman–Crippen MR) is 235 cm³/mol. The minimum Gasteiger partial charge on any atom is -0.309 e. The maximum Gasteiger partial charge on any atom is 0.240 e. The number of nitrogens with zero attached hydrogens (tertiary/aromatic N) is 6. The summed E-state index contributed by atoms with van der Waals surface area (Å²) in [5.74, 6) is 0.0618. The average Bonchev–Trinajstić information content (AvgIpc) is 4.02. The van der Waals surface area contributed by atoms with E-state index < -0.39 is 78.2 Å². The molecule has 13 rings (SSSR count). The Morgan fingerprint density at radius 3 is 1.28 bits per heavy atom. The van der Waals surface area contributed by atoms with Crippen molar-refractivity contribution in [2.75, 3.05) is 0 Å². The van der Waals surface area contributed by atoms with E-state index in [1.807, 2.05) is 93.7 Å². The van der Waals surface area contributed by atoms with Crippen molar-refractivity contribution in [2.45, 2.75) is 0 Å². The van der Waals surface area contributed by atoms with Crippen LogP contribution in [0, 0.1) is 0 Å². The first-order valence-electron chi connectivity index (χ1n) is 24.3. The summed E-state index contributed by atoms with van der Waals surface area (Å²) in [4.78, 5) is 15.4. The Hall–Kier alpha value is -7.83. The molecule has 0 radical (unpaired) electrons. The molecule has 8 aromatic carbocycles. The highest BCUT2D eigenvalue weighted by Gasteiger charge is 2.19. The number of fused-ring (bicyclic) bond motifs is 16. The first kappa shape index (κ1) is 21.3. The van der Waals surface area contributed by atoms with Gasteiger partial charge in [0.2, 0.25) is 11.6 Å². The van der Waals surface area contributed by atoms with Gasteiger partial charge in [-0.2, -0.15) is 15.0 Å². The molecule has 5 aromatic heterocycles. The molecule has 0 saturated heterocycles. The van der Waals surface area contributed by atoms with E-state index in [1.165, 1.54) is 0 Å². The number of hydrogen-bond donors (Lipinski definition) is 0. The monoisotopic (exact) mass is 738 g/mol. The molecule has 0 unspecified atom stereocenters. The number of benzene rings is 8. The molecule has 0 amide bonds. The van der Waals surface area contributed by atoms with Gasteiger partial charge in [0.15, 0.2) is 5.82 Å². The van der Waals surface area contributed by atoms with E-state index in [0.717, 1.165) is 69.7 Å². The maximum absolute atomic E-state index is 9.74. The van der Waals surface area contributed by atoms with Crippen LogP contribution >= 0.6 is 0 Å². The van der Waals surface area contributed by atoms with E-state index in [4.69, 9.17) is 25.9 Å². The topological polar surface area (TPSA) is 52.4 Å². The zero-order valence-corrected chi connectivity index (χ0v) is 29.6. The van der Waals surface area contributed by atoms with E-state index >= 15 is 0 Å². The molecule has 13 aromatic rings. The second-order valence-corrected chi connectivity index (χ2v) is 13.9. The third-order valence-electron chi connectivity index (χ3n) is 11.0. The second kappa shape index (κ2) is 11.4. The molecule has 0 saturated carbocycles. The van der Waals surface area contributed by atoms with Crippen molar-refractivity contribution in [2.24, 2.45) is 0 Å². The molecule has 2 bridgehead atoms. The largest absolute Gasteiger partial charge is 0.309 e. The molecule has 0 spiro atoms. The Morgan fingerprint density at radius 2 is 0.772 bits per heavy atom. The van der Waals surface area contributed by atoms with Crippen LogP contribution in [0.2, 0.25) is 0 Å². The summed E-state index contributed by atoms with van der Waals surface area (Å²) >= 11 is 0. The van der Waals surface area contributed by atoms with Crippen LogP contribution in [0.3, 0.4) is 0 Å². The molecule has 6 nitrogen and oxygen atoms in total. The highest BCUT2D eigenvalue weighted by Crippen LogP contribution is 2.39. The van der Waals surface area contributed by atoms with Gasteiger partial charge < -0.3 is 4.57 Å². The smallest absolute Gasteiger partial charge is 0.240 e. The van der Waals surface area contributed by atoms with Gasteiger partial charge in [0.1, 0.15) is 0 Å². The van der Waals surface area contributed by atoms with E-state index in [-0.39, 0.29) is 44.7 Å². The fraction of sp³-hybridized carbons (Fsp3) is 0. The van der Waals surface area contributed by atoms with Crippen LogP contribution < -0.4 is 0 Å². The Kier molecular flexibility index (Phi) is 4.24. The van der Waals surface area contributed by atoms with Crippen LogP contribution in [0.5, 0.6) is 0 Å². The molecular formula is C51H30N6. The standard InChI is InChI=1S/C51H30N6/c1-2-14-34-33(13-1)39-19-11-21-41-37-17-5-9-25-45(37)56(47(39)41)50-52-49(53-51(54-50)57-46-26-10-6-18-38(46)42-22-12-20-40(34)48(42)57)31-27-29-32(30-28-31)55-43-23-7-3-15-35(43)36-16-4-8-24-44(36)55/h1-30H/i3D,4D,7D,8D,15D,16D,23D,24D,27D,28D,29D,30D. The highest BCUT2D eigenvalue weighted by molar-refractivity contribution is 6.24. The summed E-state index contributed by atoms with van der Waals surface area (Å²) in [5.41, 5.74) is 1.62. The van der Waals surface area contributed by atoms with Crippen molar-refractivity contribution in [3.05, 3.63) is 182 Å². The molecule has 0 aliphatic heterocycles. The van der Waals surface area contributed by atoms with Gasteiger partial charge in [0.05, 0.1) is 49.5 Å². The quantitative estimate of drug-likeness (QED) is 0.177. The van der Waals surface area contributed by atoms with Crippen LogP contribution in [0.15, 0.2) is 182 Å². The third-order valence-corrected chi connectivity index (χ3v) is 11.0. The molecule has 5 heterocycles. The summed E-state index contributed by atoms with van der Waals surface area (Å²) in [6, 6.07) is 28.4. The molecule has 0 N–H and O–H groups in total. The predicted octanol–water partition coefficient (Wildman–Crippen LogP) is 12.6. The molecule has 6 heteroatoms. The van der Waals surface area contributed by atoms with Crippen molar-refractivity contribution in [3.63, 3.8) is 0 Å². The van der Waals surface area contributed by atoms with Crippen molar-refractivity contribution in [1.82, 2.24) is 28.3 Å². The van der Waals surface area contributed by atoms with Gasteiger partial charge in [0.25, 0.3) is 0 Å². The van der Waals surface area contributed by atoms with Gasteiger partial charge in [-0.05, 0) is 59.2 Å². The zero-order chi connectivity index (χ0) is 47.6. The van der Waals surface area contributed by atoms with Crippen molar-refractivity contribution >= 4 is 98.5 Å². The second-order valence-electron chi connectivity index (χ2n) is 13.9. The molecule has 0 atom stereocenters. The van der Waals surface area contributed by atoms with Gasteiger partial charge in [-0.1, -0.05) is 133 Å². The first-order chi connectivity index (χ1) is 33.3. The lowest BCUT2D eigenvalue weighted by Gasteiger charge is -2.09. The number of aromatic nitrogens is 6. The third kappa shape index (κ3) is 4.16. The molecule has 0 fully saturated rings. The fourth-order valence-electron chi connectivity index (χ4n) is 8.68. The Balaban J connectivity index is 1.25. The van der Waals surface area contributed by atoms with E-state index in [0.29, 0.717) is 0 Å². The van der Waals surface area contributed by atoms with Gasteiger partial charge in [-0.25, -0.2) is 0 Å². The maximum atomic E-state index is 9.74. The van der Waals surface area contributed by atoms with Crippen LogP contribution in [0.1, 0.15) is 16.4 Å². The van der Waals surface area contributed by atoms with E-state index in [2.05, 4.69) is 24.3 Å². The minimum absolute atomic E-state index is 0.131. The number of hydrogen-bond acceptors (Lipinski definition) is 3. The van der Waals surface area contributed by atoms with Gasteiger partial charge in [0, 0.05) is 54.3 Å². The van der Waals surface area contributed by atoms with Crippen molar-refractivity contribution in [1.29, 1.82) is 0 Å². The number of rotatable bonds is 2. The average molecular weight is 739 g/mol. The zero-order valence-electron chi connectivity index (χ0n) is 41.6. The highest BCUT2D eigenvalue weighted by atomic mass is 15.2. The Labute approximate surface area is 341 Å². The SMILES string of the molecule is [2H]c1c([2H])c(-n2c3c([2H])c([2H])c([2H])c([2H])c3c3c([2H])c([2H])c([2H])c([2H])c32)c([2H])c([2H])c1-c1nc2nc(n1)n1c3ccccc3c3cccc(c4ccccc4c4cccc5c6ccccc6n2c45)c31. The summed E-state index contributed by atoms with van der Waals surface area (Å²) < 4.78 is 114. The summed E-state index contributed by atoms with van der Waals surface area (Å²) in [6.45, 7) is 0. The van der Waals surface area contributed by atoms with Gasteiger partial charge in [-0.3, -0.25) is 8.80 Å². The molecule has 0 aliphatic carbocycles. The van der Waals surface area contributed by atoms with Crippen LogP contribution in [0.4, 0.5) is 0 Å². The van der Waals surface area contributed by atoms with Gasteiger partial charge in [-0.15, -0.1) is 0 Å². The number of para-hydroxylation sites is 6. The van der Waals surface area contributed by atoms with Crippen LogP contribution in [-0.4, -0.2) is 28.3 Å². The first-order valence-corrected chi connectivity index (χ1v) is 18.3. The fourth-order valence-corrected chi connectivity index (χ4v) is 8.68. The molecule has 0 aliphatic rings. The normalized spacial score (nSPS) is 15.2. The molecular weight excluding hydrogens is 697 g/mol. The Morgan fingerprint density at radius 1 is 0.351 bits per heavy atom. The lowest BCUT2D eigenvalue weighted by Crippen LogP contribution is -2.02. The Bertz CT molecular complexity index is 4320. The van der Waals surface area contributed by atoms with Gasteiger partial charge >= 0.3 is 0 Å².